The number of aromatic hydroxyl groups is 1. The molecule has 2 aromatic rings. The summed E-state index contributed by atoms with van der Waals surface area (Å²) in [5, 5.41) is 19.2. The molecule has 0 saturated heterocycles. The van der Waals surface area contributed by atoms with Crippen molar-refractivity contribution in [2.45, 2.75) is 0 Å². The van der Waals surface area contributed by atoms with Crippen molar-refractivity contribution in [1.82, 2.24) is 0 Å². The van der Waals surface area contributed by atoms with E-state index in [1.54, 1.807) is 36.4 Å². The van der Waals surface area contributed by atoms with Crippen LogP contribution in [0.3, 0.4) is 0 Å². The molecule has 0 amide bonds. The highest BCUT2D eigenvalue weighted by Crippen LogP contribution is 2.36. The molecule has 0 spiro atoms. The van der Waals surface area contributed by atoms with E-state index < -0.39 is 5.97 Å². The predicted molar refractivity (Wildman–Crippen MR) is 84.3 cm³/mol. The lowest BCUT2D eigenvalue weighted by atomic mass is 10.0. The smallest absolute Gasteiger partial charge is 0.336 e. The lowest BCUT2D eigenvalue weighted by molar-refractivity contribution is -0.130. The normalized spacial score (nSPS) is 11.2. The van der Waals surface area contributed by atoms with Crippen LogP contribution in [0.15, 0.2) is 46.9 Å². The Labute approximate surface area is 130 Å². The fraction of sp³-hybridized carbons (Fsp3) is 0.0625. The topological polar surface area (TPSA) is 66.8 Å². The number of ether oxygens (including phenoxy) is 1. The first-order valence-corrected chi connectivity index (χ1v) is 6.89. The molecule has 0 aliphatic rings. The number of phenolic OH excluding ortho intramolecular Hbond substituents is 1. The first-order chi connectivity index (χ1) is 10.0. The van der Waals surface area contributed by atoms with Gasteiger partial charge in [-0.05, 0) is 45.3 Å². The highest BCUT2D eigenvalue weighted by molar-refractivity contribution is 9.10. The molecule has 2 N–H and O–H groups in total. The number of aliphatic carboxylic acids is 1. The Morgan fingerprint density at radius 2 is 1.90 bits per heavy atom. The van der Waals surface area contributed by atoms with Gasteiger partial charge in [0.05, 0.1) is 17.2 Å². The summed E-state index contributed by atoms with van der Waals surface area (Å²) in [6.45, 7) is 0. The van der Waals surface area contributed by atoms with Crippen LogP contribution in [0.1, 0.15) is 11.1 Å². The van der Waals surface area contributed by atoms with Crippen LogP contribution in [0.5, 0.6) is 11.5 Å². The highest BCUT2D eigenvalue weighted by atomic mass is 79.9. The van der Waals surface area contributed by atoms with Crippen LogP contribution in [0.4, 0.5) is 0 Å². The largest absolute Gasteiger partial charge is 0.503 e. The minimum Gasteiger partial charge on any atom is -0.503 e. The third-order valence-electron chi connectivity index (χ3n) is 2.90. The van der Waals surface area contributed by atoms with Gasteiger partial charge in [0.2, 0.25) is 0 Å². The third-order valence-corrected chi connectivity index (χ3v) is 3.50. The maximum atomic E-state index is 11.4. The van der Waals surface area contributed by atoms with Gasteiger partial charge >= 0.3 is 5.97 Å². The van der Waals surface area contributed by atoms with Crippen molar-refractivity contribution in [1.29, 1.82) is 0 Å². The minimum atomic E-state index is -1.02. The van der Waals surface area contributed by atoms with E-state index in [9.17, 15) is 15.0 Å². The molecule has 0 atom stereocenters. The molecule has 0 aromatic heterocycles. The lowest BCUT2D eigenvalue weighted by Crippen LogP contribution is -1.99. The summed E-state index contributed by atoms with van der Waals surface area (Å²) in [7, 11) is 1.43. The molecular weight excluding hydrogens is 336 g/mol. The number of benzene rings is 2. The maximum absolute atomic E-state index is 11.4. The molecule has 21 heavy (non-hydrogen) atoms. The summed E-state index contributed by atoms with van der Waals surface area (Å²) >= 11 is 3.21. The zero-order valence-electron chi connectivity index (χ0n) is 11.2. The average molecular weight is 349 g/mol. The number of carbonyl (C=O) groups is 1. The highest BCUT2D eigenvalue weighted by Gasteiger charge is 2.12. The Balaban J connectivity index is 2.54. The van der Waals surface area contributed by atoms with Crippen molar-refractivity contribution >= 4 is 33.5 Å². The van der Waals surface area contributed by atoms with Gasteiger partial charge in [-0.2, -0.15) is 0 Å². The number of methoxy groups -OCH3 is 1. The first kappa shape index (κ1) is 15.1. The van der Waals surface area contributed by atoms with Crippen molar-refractivity contribution < 1.29 is 19.7 Å². The molecule has 2 rings (SSSR count). The van der Waals surface area contributed by atoms with Gasteiger partial charge in [-0.1, -0.05) is 30.3 Å². The third kappa shape index (κ3) is 3.44. The molecule has 0 fully saturated rings. The first-order valence-electron chi connectivity index (χ1n) is 6.10. The molecule has 2 aromatic carbocycles. The molecule has 0 heterocycles. The van der Waals surface area contributed by atoms with E-state index in [0.29, 0.717) is 15.6 Å². The number of carboxylic acids is 1. The minimum absolute atomic E-state index is 0.0220. The van der Waals surface area contributed by atoms with Gasteiger partial charge in [0.25, 0.3) is 0 Å². The summed E-state index contributed by atoms with van der Waals surface area (Å²) < 4.78 is 5.49. The average Bonchev–Trinajstić information content (AvgIpc) is 2.48. The second kappa shape index (κ2) is 6.45. The molecular formula is C16H13BrO4. The molecule has 5 heteroatoms. The maximum Gasteiger partial charge on any atom is 0.336 e. The van der Waals surface area contributed by atoms with E-state index in [0.717, 1.165) is 0 Å². The van der Waals surface area contributed by atoms with E-state index in [4.69, 9.17) is 4.74 Å². The standard InChI is InChI=1S/C16H13BrO4/c1-21-14-9-10(8-13(17)15(14)18)7-12(16(19)20)11-5-3-2-4-6-11/h2-9,18H,1H3,(H,19,20)/b12-7+. The SMILES string of the molecule is COc1cc(/C=C(/C(=O)O)c2ccccc2)cc(Br)c1O. The summed E-state index contributed by atoms with van der Waals surface area (Å²) in [4.78, 5) is 11.4. The monoisotopic (exact) mass is 348 g/mol. The summed E-state index contributed by atoms with van der Waals surface area (Å²) in [6.07, 6.45) is 1.53. The Kier molecular flexibility index (Phi) is 4.65. The van der Waals surface area contributed by atoms with Crippen molar-refractivity contribution in [3.05, 3.63) is 58.1 Å². The fourth-order valence-electron chi connectivity index (χ4n) is 1.89. The number of halogens is 1. The Hall–Kier alpha value is -2.27. The van der Waals surface area contributed by atoms with E-state index >= 15 is 0 Å². The Morgan fingerprint density at radius 3 is 2.48 bits per heavy atom. The van der Waals surface area contributed by atoms with Crippen molar-refractivity contribution in [2.75, 3.05) is 7.11 Å². The Bertz CT molecular complexity index is 693. The Morgan fingerprint density at radius 1 is 1.24 bits per heavy atom. The van der Waals surface area contributed by atoms with Gasteiger partial charge in [-0.25, -0.2) is 4.79 Å². The molecule has 0 saturated carbocycles. The van der Waals surface area contributed by atoms with Crippen LogP contribution < -0.4 is 4.74 Å². The van der Waals surface area contributed by atoms with Crippen LogP contribution in [0.25, 0.3) is 11.6 Å². The summed E-state index contributed by atoms with van der Waals surface area (Å²) in [5.41, 5.74) is 1.38. The zero-order valence-corrected chi connectivity index (χ0v) is 12.8. The van der Waals surface area contributed by atoms with Gasteiger partial charge in [-0.15, -0.1) is 0 Å². The molecule has 0 unspecified atom stereocenters. The quantitative estimate of drug-likeness (QED) is 0.651. The van der Waals surface area contributed by atoms with Gasteiger partial charge in [0.15, 0.2) is 11.5 Å². The van der Waals surface area contributed by atoms with Crippen LogP contribution in [-0.4, -0.2) is 23.3 Å². The number of hydrogen-bond donors (Lipinski definition) is 2. The van der Waals surface area contributed by atoms with Crippen molar-refractivity contribution in [3.63, 3.8) is 0 Å². The van der Waals surface area contributed by atoms with E-state index in [-0.39, 0.29) is 17.1 Å². The molecule has 0 aliphatic carbocycles. The number of carboxylic acid groups (broad SMARTS) is 1. The number of phenols is 1. The molecule has 108 valence electrons. The van der Waals surface area contributed by atoms with E-state index in [1.165, 1.54) is 13.2 Å². The zero-order chi connectivity index (χ0) is 15.4. The van der Waals surface area contributed by atoms with Crippen molar-refractivity contribution in [2.24, 2.45) is 0 Å². The van der Waals surface area contributed by atoms with Crippen LogP contribution in [0, 0.1) is 0 Å². The lowest BCUT2D eigenvalue weighted by Gasteiger charge is -2.08. The van der Waals surface area contributed by atoms with E-state index in [1.807, 2.05) is 6.07 Å². The van der Waals surface area contributed by atoms with Gasteiger partial charge in [-0.3, -0.25) is 0 Å². The molecule has 0 bridgehead atoms. The van der Waals surface area contributed by atoms with Crippen molar-refractivity contribution in [3.8, 4) is 11.5 Å². The molecule has 4 nitrogen and oxygen atoms in total. The van der Waals surface area contributed by atoms with Gasteiger partial charge in [0.1, 0.15) is 0 Å². The van der Waals surface area contributed by atoms with Crippen LogP contribution >= 0.6 is 15.9 Å². The molecule has 0 aliphatic heterocycles. The number of rotatable bonds is 4. The van der Waals surface area contributed by atoms with Gasteiger partial charge in [0, 0.05) is 0 Å². The van der Waals surface area contributed by atoms with Crippen LogP contribution in [-0.2, 0) is 4.79 Å². The second-order valence-corrected chi connectivity index (χ2v) is 5.14. The van der Waals surface area contributed by atoms with Gasteiger partial charge < -0.3 is 14.9 Å². The molecule has 0 radical (unpaired) electrons. The van der Waals surface area contributed by atoms with Crippen LogP contribution in [0.2, 0.25) is 0 Å². The number of hydrogen-bond acceptors (Lipinski definition) is 3. The summed E-state index contributed by atoms with van der Waals surface area (Å²) in [5.74, 6) is -0.774. The fourth-order valence-corrected chi connectivity index (χ4v) is 2.35. The van der Waals surface area contributed by atoms with E-state index in [2.05, 4.69) is 15.9 Å². The predicted octanol–water partition coefficient (Wildman–Crippen LogP) is 3.79. The summed E-state index contributed by atoms with van der Waals surface area (Å²) in [6, 6.07) is 12.0. The second-order valence-electron chi connectivity index (χ2n) is 4.28.